The number of benzene rings is 2. The molecule has 5 aromatic rings. The second kappa shape index (κ2) is 16.9. The number of nitrogens with one attached hydrogen (secondary N) is 3. The maximum Gasteiger partial charge on any atom is 0.278 e. The molecule has 6 heterocycles. The fraction of sp³-hybridized carbons (Fsp3) is 0.391. The number of nitrogens with zero attached hydrogens (tertiary/aromatic N) is 8. The number of allylic oxidation sites excluding steroid dienone is 1. The minimum absolute atomic E-state index is 0.0806. The molecule has 17 heteroatoms. The number of piperidine rings is 2. The SMILES string of the molecule is C=CCn1c(=O)c2cnc(Nc3ccc(N4CCC(N(C)CCCNc5ccc6c(c5)C(=O)N(C5CCC(=O)NC5=O)C6=O)CC4)cc3)nc2n1-c1ccc2c(n1)[C@@](O)(CC)CC2. The van der Waals surface area contributed by atoms with Gasteiger partial charge in [-0.05, 0) is 113 Å². The lowest BCUT2D eigenvalue weighted by atomic mass is 9.98. The number of carbonyl (C=O) groups excluding carboxylic acids is 4. The number of aromatic nitrogens is 5. The summed E-state index contributed by atoms with van der Waals surface area (Å²) < 4.78 is 3.22. The van der Waals surface area contributed by atoms with Crippen LogP contribution in [0.15, 0.2) is 78.2 Å². The second-order valence-corrected chi connectivity index (χ2v) is 16.8. The van der Waals surface area contributed by atoms with Gasteiger partial charge in [-0.2, -0.15) is 4.98 Å². The van der Waals surface area contributed by atoms with Gasteiger partial charge in [0.2, 0.25) is 17.8 Å². The lowest BCUT2D eigenvalue weighted by molar-refractivity contribution is -0.136. The van der Waals surface area contributed by atoms with Crippen molar-refractivity contribution < 1.29 is 24.3 Å². The summed E-state index contributed by atoms with van der Waals surface area (Å²) in [5.41, 5.74) is 3.99. The first-order valence-corrected chi connectivity index (χ1v) is 21.7. The van der Waals surface area contributed by atoms with Gasteiger partial charge in [0.25, 0.3) is 17.4 Å². The van der Waals surface area contributed by atoms with Gasteiger partial charge in [-0.15, -0.1) is 6.58 Å². The van der Waals surface area contributed by atoms with Crippen molar-refractivity contribution in [1.82, 2.24) is 39.4 Å². The topological polar surface area (TPSA) is 200 Å². The molecule has 4 amide bonds. The fourth-order valence-electron chi connectivity index (χ4n) is 9.39. The Labute approximate surface area is 363 Å². The number of hydrogen-bond acceptors (Lipinski definition) is 13. The van der Waals surface area contributed by atoms with Gasteiger partial charge in [0.05, 0.1) is 23.4 Å². The molecule has 0 bridgehead atoms. The Kier molecular flexibility index (Phi) is 11.1. The fourth-order valence-corrected chi connectivity index (χ4v) is 9.39. The van der Waals surface area contributed by atoms with Crippen molar-refractivity contribution in [3.8, 4) is 5.82 Å². The number of imide groups is 2. The summed E-state index contributed by atoms with van der Waals surface area (Å²) in [5.74, 6) is -1.23. The Morgan fingerprint density at radius 3 is 2.46 bits per heavy atom. The van der Waals surface area contributed by atoms with Crippen LogP contribution in [0.1, 0.15) is 83.8 Å². The van der Waals surface area contributed by atoms with Crippen LogP contribution in [0.4, 0.5) is 23.0 Å². The van der Waals surface area contributed by atoms with Crippen LogP contribution < -0.4 is 26.4 Å². The van der Waals surface area contributed by atoms with Gasteiger partial charge in [0.15, 0.2) is 11.5 Å². The lowest BCUT2D eigenvalue weighted by Crippen LogP contribution is -2.54. The van der Waals surface area contributed by atoms with Crippen LogP contribution in [0, 0.1) is 0 Å². The highest BCUT2D eigenvalue weighted by molar-refractivity contribution is 6.23. The predicted octanol–water partition coefficient (Wildman–Crippen LogP) is 4.25. The highest BCUT2D eigenvalue weighted by Crippen LogP contribution is 2.38. The van der Waals surface area contributed by atoms with Crippen LogP contribution in [0.25, 0.3) is 16.9 Å². The summed E-state index contributed by atoms with van der Waals surface area (Å²) in [6.07, 6.45) is 8.22. The van der Waals surface area contributed by atoms with Crippen LogP contribution in [-0.2, 0) is 28.2 Å². The van der Waals surface area contributed by atoms with Crippen molar-refractivity contribution in [2.45, 2.75) is 82.5 Å². The quantitative estimate of drug-likeness (QED) is 0.0703. The van der Waals surface area contributed by atoms with Crippen molar-refractivity contribution >= 4 is 57.7 Å². The van der Waals surface area contributed by atoms with E-state index in [0.29, 0.717) is 53.9 Å². The number of aryl methyl sites for hydroxylation is 1. The highest BCUT2D eigenvalue weighted by atomic mass is 16.3. The van der Waals surface area contributed by atoms with E-state index < -0.39 is 35.3 Å². The van der Waals surface area contributed by atoms with E-state index in [0.717, 1.165) is 72.8 Å². The molecule has 2 atom stereocenters. The zero-order chi connectivity index (χ0) is 44.0. The smallest absolute Gasteiger partial charge is 0.278 e. The number of rotatable bonds is 14. The third-order valence-corrected chi connectivity index (χ3v) is 13.0. The molecule has 2 aromatic carbocycles. The predicted molar refractivity (Wildman–Crippen MR) is 237 cm³/mol. The Balaban J connectivity index is 0.776. The first kappa shape index (κ1) is 41.6. The van der Waals surface area contributed by atoms with E-state index in [-0.39, 0.29) is 36.1 Å². The zero-order valence-corrected chi connectivity index (χ0v) is 35.5. The minimum Gasteiger partial charge on any atom is -0.385 e. The van der Waals surface area contributed by atoms with E-state index in [1.54, 1.807) is 29.0 Å². The molecule has 2 saturated heterocycles. The Hall–Kier alpha value is -6.72. The number of pyridine rings is 1. The van der Waals surface area contributed by atoms with Gasteiger partial charge in [-0.25, -0.2) is 19.3 Å². The molecule has 9 rings (SSSR count). The molecule has 17 nitrogen and oxygen atoms in total. The number of fused-ring (bicyclic) bond motifs is 3. The Morgan fingerprint density at radius 1 is 0.952 bits per heavy atom. The molecular weight excluding hydrogens is 803 g/mol. The molecule has 0 radical (unpaired) electrons. The number of anilines is 4. The maximum absolute atomic E-state index is 13.5. The molecule has 2 fully saturated rings. The summed E-state index contributed by atoms with van der Waals surface area (Å²) in [6, 6.07) is 16.5. The third-order valence-electron chi connectivity index (χ3n) is 13.0. The maximum atomic E-state index is 13.5. The number of carbonyl (C=O) groups is 4. The Bertz CT molecular complexity index is 2700. The van der Waals surface area contributed by atoms with Gasteiger partial charge >= 0.3 is 0 Å². The van der Waals surface area contributed by atoms with Crippen molar-refractivity contribution in [2.75, 3.05) is 48.8 Å². The van der Waals surface area contributed by atoms with Gasteiger partial charge in [0, 0.05) is 55.4 Å². The summed E-state index contributed by atoms with van der Waals surface area (Å²) in [7, 11) is 2.16. The number of aliphatic hydroxyl groups is 1. The van der Waals surface area contributed by atoms with E-state index in [2.05, 4.69) is 56.5 Å². The van der Waals surface area contributed by atoms with E-state index >= 15 is 0 Å². The third kappa shape index (κ3) is 7.75. The molecule has 326 valence electrons. The van der Waals surface area contributed by atoms with Gasteiger partial charge in [0.1, 0.15) is 17.0 Å². The molecule has 63 heavy (non-hydrogen) atoms. The van der Waals surface area contributed by atoms with Crippen molar-refractivity contribution in [3.63, 3.8) is 0 Å². The highest BCUT2D eigenvalue weighted by Gasteiger charge is 2.45. The van der Waals surface area contributed by atoms with Crippen molar-refractivity contribution in [1.29, 1.82) is 0 Å². The van der Waals surface area contributed by atoms with E-state index in [1.165, 1.54) is 10.9 Å². The molecule has 3 aliphatic heterocycles. The number of amides is 4. The molecule has 4 aliphatic rings. The lowest BCUT2D eigenvalue weighted by Gasteiger charge is -2.38. The van der Waals surface area contributed by atoms with Gasteiger partial charge in [-0.3, -0.25) is 34.2 Å². The van der Waals surface area contributed by atoms with E-state index in [9.17, 15) is 29.1 Å². The molecule has 4 N–H and O–H groups in total. The monoisotopic (exact) mass is 853 g/mol. The number of hydrogen-bond donors (Lipinski definition) is 4. The second-order valence-electron chi connectivity index (χ2n) is 16.8. The van der Waals surface area contributed by atoms with Crippen LogP contribution >= 0.6 is 0 Å². The van der Waals surface area contributed by atoms with E-state index in [1.807, 2.05) is 31.2 Å². The average molecular weight is 854 g/mol. The zero-order valence-electron chi connectivity index (χ0n) is 35.5. The van der Waals surface area contributed by atoms with Crippen molar-refractivity contribution in [3.05, 3.63) is 106 Å². The molecule has 0 spiro atoms. The Morgan fingerprint density at radius 2 is 1.71 bits per heavy atom. The van der Waals surface area contributed by atoms with Gasteiger partial charge < -0.3 is 25.5 Å². The molecule has 3 aromatic heterocycles. The normalized spacial score (nSPS) is 20.1. The largest absolute Gasteiger partial charge is 0.385 e. The van der Waals surface area contributed by atoms with Crippen LogP contribution in [0.2, 0.25) is 0 Å². The average Bonchev–Trinajstić information content (AvgIpc) is 3.87. The van der Waals surface area contributed by atoms with Gasteiger partial charge in [-0.1, -0.05) is 19.1 Å². The molecule has 1 unspecified atom stereocenters. The van der Waals surface area contributed by atoms with E-state index in [4.69, 9.17) is 9.97 Å². The van der Waals surface area contributed by atoms with Crippen LogP contribution in [0.3, 0.4) is 0 Å². The van der Waals surface area contributed by atoms with Crippen LogP contribution in [0.5, 0.6) is 0 Å². The first-order valence-electron chi connectivity index (χ1n) is 21.7. The van der Waals surface area contributed by atoms with Crippen molar-refractivity contribution in [2.24, 2.45) is 0 Å². The molecule has 1 aliphatic carbocycles. The summed E-state index contributed by atoms with van der Waals surface area (Å²) in [6.45, 7) is 9.45. The standard InChI is InChI=1S/C46H51N11O6/c1-4-22-55-42(60)35-27-48-45(52-40(35)57(55)37-15-7-28-17-20-46(63,5-2)39(28)50-37)49-29-8-11-32(12-9-29)54-24-18-31(19-25-54)53(3)23-6-21-47-30-10-13-33-34(26-30)44(62)56(43(33)61)36-14-16-38(58)51-41(36)59/h4,7-13,15,26-27,31,36,47,63H,1,5-6,14,16-25H2,2-3H3,(H,48,49,52)(H,51,58,59)/t36?,46-/m1/s1. The molecule has 0 saturated carbocycles. The minimum atomic E-state index is -1.01. The summed E-state index contributed by atoms with van der Waals surface area (Å²) >= 11 is 0. The van der Waals surface area contributed by atoms with Crippen LogP contribution in [-0.4, -0.2) is 108 Å². The first-order chi connectivity index (χ1) is 30.5. The molecular formula is C46H51N11O6. The summed E-state index contributed by atoms with van der Waals surface area (Å²) in [4.78, 5) is 83.7. The summed E-state index contributed by atoms with van der Waals surface area (Å²) in [5, 5.41) is 20.5.